The second kappa shape index (κ2) is 3.87. The van der Waals surface area contributed by atoms with Crippen LogP contribution in [0.15, 0.2) is 0 Å². The Hall–Kier alpha value is -0.610. The molecule has 0 unspecified atom stereocenters. The molecule has 0 saturated carbocycles. The quantitative estimate of drug-likeness (QED) is 0.660. The molecule has 1 rings (SSSR count). The molecule has 1 saturated heterocycles. The normalized spacial score (nSPS) is 28.2. The van der Waals surface area contributed by atoms with Gasteiger partial charge in [0.2, 0.25) is 5.91 Å². The maximum Gasteiger partial charge on any atom is 0.228 e. The molecule has 0 aromatic heterocycles. The number of aliphatic hydroxyl groups is 2. The molecule has 82 valence electrons. The van der Waals surface area contributed by atoms with E-state index in [0.717, 1.165) is 6.42 Å². The first-order valence-corrected chi connectivity index (χ1v) is 5.04. The van der Waals surface area contributed by atoms with E-state index >= 15 is 0 Å². The van der Waals surface area contributed by atoms with Crippen molar-refractivity contribution < 1.29 is 15.0 Å². The lowest BCUT2D eigenvalue weighted by molar-refractivity contribution is -0.140. The van der Waals surface area contributed by atoms with Gasteiger partial charge in [0, 0.05) is 18.5 Å². The molecular weight excluding hydrogens is 182 g/mol. The van der Waals surface area contributed by atoms with Crippen molar-refractivity contribution >= 4 is 5.91 Å². The van der Waals surface area contributed by atoms with Crippen LogP contribution in [0.4, 0.5) is 0 Å². The van der Waals surface area contributed by atoms with Crippen LogP contribution in [0.5, 0.6) is 0 Å². The van der Waals surface area contributed by atoms with Crippen LogP contribution in [-0.2, 0) is 4.79 Å². The lowest BCUT2D eigenvalue weighted by atomic mass is 9.89. The first-order chi connectivity index (χ1) is 6.38. The van der Waals surface area contributed by atoms with Crippen molar-refractivity contribution in [3.63, 3.8) is 0 Å². The number of likely N-dealkylation sites (tertiary alicyclic amines) is 1. The molecule has 0 bridgehead atoms. The summed E-state index contributed by atoms with van der Waals surface area (Å²) in [5.41, 5.74) is -0.399. The molecule has 0 spiro atoms. The van der Waals surface area contributed by atoms with Crippen LogP contribution in [0.3, 0.4) is 0 Å². The maximum atomic E-state index is 11.9. The summed E-state index contributed by atoms with van der Waals surface area (Å²) in [5, 5.41) is 18.6. The van der Waals surface area contributed by atoms with Gasteiger partial charge in [-0.25, -0.2) is 0 Å². The number of carbonyl (C=O) groups is 1. The average Bonchev–Trinajstić information content (AvgIpc) is 2.45. The molecule has 0 aromatic rings. The van der Waals surface area contributed by atoms with Crippen LogP contribution < -0.4 is 0 Å². The Morgan fingerprint density at radius 2 is 1.79 bits per heavy atom. The van der Waals surface area contributed by atoms with E-state index < -0.39 is 17.6 Å². The zero-order valence-corrected chi connectivity index (χ0v) is 9.03. The monoisotopic (exact) mass is 201 g/mol. The fourth-order valence-electron chi connectivity index (χ4n) is 1.51. The van der Waals surface area contributed by atoms with Gasteiger partial charge in [-0.2, -0.15) is 0 Å². The van der Waals surface area contributed by atoms with Crippen molar-refractivity contribution in [1.82, 2.24) is 4.90 Å². The summed E-state index contributed by atoms with van der Waals surface area (Å²) in [6, 6.07) is 0. The second-order valence-corrected chi connectivity index (χ2v) is 4.58. The Balaban J connectivity index is 2.64. The van der Waals surface area contributed by atoms with Crippen LogP contribution in [0.2, 0.25) is 0 Å². The zero-order chi connectivity index (χ0) is 10.9. The molecule has 1 fully saturated rings. The summed E-state index contributed by atoms with van der Waals surface area (Å²) in [5.74, 6) is 0.00981. The van der Waals surface area contributed by atoms with Crippen LogP contribution in [0.1, 0.15) is 27.2 Å². The first kappa shape index (κ1) is 11.5. The largest absolute Gasteiger partial charge is 0.388 e. The smallest absolute Gasteiger partial charge is 0.228 e. The fourth-order valence-corrected chi connectivity index (χ4v) is 1.51. The molecule has 1 aliphatic heterocycles. The lowest BCUT2D eigenvalue weighted by Gasteiger charge is -2.27. The van der Waals surface area contributed by atoms with Gasteiger partial charge in [-0.1, -0.05) is 20.8 Å². The van der Waals surface area contributed by atoms with Crippen molar-refractivity contribution in [2.24, 2.45) is 5.41 Å². The van der Waals surface area contributed by atoms with Crippen LogP contribution in [0, 0.1) is 5.41 Å². The third-order valence-electron chi connectivity index (χ3n) is 3.01. The van der Waals surface area contributed by atoms with Crippen molar-refractivity contribution in [2.75, 3.05) is 13.1 Å². The molecule has 0 aromatic carbocycles. The van der Waals surface area contributed by atoms with Gasteiger partial charge in [-0.05, 0) is 6.42 Å². The highest BCUT2D eigenvalue weighted by atomic mass is 16.3. The highest BCUT2D eigenvalue weighted by molar-refractivity contribution is 5.82. The molecular formula is C10H19NO3. The minimum absolute atomic E-state index is 0.00981. The summed E-state index contributed by atoms with van der Waals surface area (Å²) in [7, 11) is 0. The van der Waals surface area contributed by atoms with Gasteiger partial charge in [-0.15, -0.1) is 0 Å². The predicted octanol–water partition coefficient (Wildman–Crippen LogP) is -0.0134. The van der Waals surface area contributed by atoms with Gasteiger partial charge >= 0.3 is 0 Å². The Labute approximate surface area is 84.5 Å². The van der Waals surface area contributed by atoms with Crippen molar-refractivity contribution in [3.8, 4) is 0 Å². The Morgan fingerprint density at radius 3 is 2.14 bits per heavy atom. The number of rotatable bonds is 2. The Kier molecular flexibility index (Phi) is 3.17. The van der Waals surface area contributed by atoms with Gasteiger partial charge in [0.1, 0.15) is 0 Å². The summed E-state index contributed by atoms with van der Waals surface area (Å²) in [6.07, 6.45) is -0.813. The van der Waals surface area contributed by atoms with E-state index in [4.69, 9.17) is 0 Å². The van der Waals surface area contributed by atoms with Crippen molar-refractivity contribution in [1.29, 1.82) is 0 Å². The predicted molar refractivity (Wildman–Crippen MR) is 52.7 cm³/mol. The zero-order valence-electron chi connectivity index (χ0n) is 9.03. The third-order valence-corrected chi connectivity index (χ3v) is 3.01. The molecule has 0 radical (unpaired) electrons. The lowest BCUT2D eigenvalue weighted by Crippen LogP contribution is -2.39. The van der Waals surface area contributed by atoms with Crippen LogP contribution in [-0.4, -0.2) is 46.3 Å². The number of nitrogens with zero attached hydrogens (tertiary/aromatic N) is 1. The van der Waals surface area contributed by atoms with E-state index in [1.54, 1.807) is 4.90 Å². The molecule has 4 heteroatoms. The summed E-state index contributed by atoms with van der Waals surface area (Å²) in [6.45, 7) is 6.23. The molecule has 0 aliphatic carbocycles. The van der Waals surface area contributed by atoms with E-state index in [0.29, 0.717) is 0 Å². The van der Waals surface area contributed by atoms with E-state index in [1.165, 1.54) is 0 Å². The first-order valence-electron chi connectivity index (χ1n) is 5.04. The summed E-state index contributed by atoms with van der Waals surface area (Å²) in [4.78, 5) is 13.4. The molecule has 2 N–H and O–H groups in total. The van der Waals surface area contributed by atoms with E-state index in [1.807, 2.05) is 20.8 Å². The Morgan fingerprint density at radius 1 is 1.36 bits per heavy atom. The van der Waals surface area contributed by atoms with Crippen molar-refractivity contribution in [2.45, 2.75) is 39.4 Å². The minimum Gasteiger partial charge on any atom is -0.388 e. The van der Waals surface area contributed by atoms with Crippen LogP contribution in [0.25, 0.3) is 0 Å². The summed E-state index contributed by atoms with van der Waals surface area (Å²) < 4.78 is 0. The van der Waals surface area contributed by atoms with E-state index in [2.05, 4.69) is 0 Å². The molecule has 2 atom stereocenters. The molecule has 1 heterocycles. The summed E-state index contributed by atoms with van der Waals surface area (Å²) >= 11 is 0. The minimum atomic E-state index is -0.786. The average molecular weight is 201 g/mol. The number of hydrogen-bond acceptors (Lipinski definition) is 3. The highest BCUT2D eigenvalue weighted by Crippen LogP contribution is 2.25. The number of β-amino-alcohol motifs (C(OH)–C–C–N with tert-alkyl or cyclic N) is 2. The van der Waals surface area contributed by atoms with Gasteiger partial charge in [0.05, 0.1) is 12.2 Å². The maximum absolute atomic E-state index is 11.9. The van der Waals surface area contributed by atoms with Gasteiger partial charge in [0.15, 0.2) is 0 Å². The van der Waals surface area contributed by atoms with Crippen molar-refractivity contribution in [3.05, 3.63) is 0 Å². The number of aliphatic hydroxyl groups excluding tert-OH is 2. The second-order valence-electron chi connectivity index (χ2n) is 4.58. The highest BCUT2D eigenvalue weighted by Gasteiger charge is 2.38. The third kappa shape index (κ3) is 2.07. The molecule has 1 amide bonds. The SMILES string of the molecule is CCC(C)(C)C(=O)N1C[C@@H](O)[C@@H](O)C1. The topological polar surface area (TPSA) is 60.8 Å². The fraction of sp³-hybridized carbons (Fsp3) is 0.900. The molecule has 14 heavy (non-hydrogen) atoms. The number of carbonyl (C=O) groups excluding carboxylic acids is 1. The van der Waals surface area contributed by atoms with Crippen LogP contribution >= 0.6 is 0 Å². The van der Waals surface area contributed by atoms with E-state index in [9.17, 15) is 15.0 Å². The number of hydrogen-bond donors (Lipinski definition) is 2. The Bertz CT molecular complexity index is 217. The molecule has 1 aliphatic rings. The standard InChI is InChI=1S/C10H19NO3/c1-4-10(2,3)9(14)11-5-7(12)8(13)6-11/h7-8,12-13H,4-6H2,1-3H3/t7-,8+. The van der Waals surface area contributed by atoms with Gasteiger partial charge in [0.25, 0.3) is 0 Å². The van der Waals surface area contributed by atoms with Gasteiger partial charge in [-0.3, -0.25) is 4.79 Å². The van der Waals surface area contributed by atoms with Gasteiger partial charge < -0.3 is 15.1 Å². The molecule has 4 nitrogen and oxygen atoms in total. The number of amides is 1. The van der Waals surface area contributed by atoms with E-state index in [-0.39, 0.29) is 19.0 Å².